The molecular formula is C19H30N4O2. The number of rotatable bonds is 8. The van der Waals surface area contributed by atoms with Crippen molar-refractivity contribution in [2.45, 2.75) is 25.8 Å². The Hall–Kier alpha value is -1.79. The van der Waals surface area contributed by atoms with Crippen LogP contribution in [0.1, 0.15) is 24.8 Å². The van der Waals surface area contributed by atoms with E-state index in [4.69, 9.17) is 15.2 Å². The summed E-state index contributed by atoms with van der Waals surface area (Å²) in [7, 11) is 0. The SMILES string of the molecule is NC(=NCc1cccc(OCCN2CCOCC2)c1)NCC1CCC1. The molecule has 0 bridgehead atoms. The molecule has 1 aliphatic carbocycles. The highest BCUT2D eigenvalue weighted by molar-refractivity contribution is 5.77. The van der Waals surface area contributed by atoms with E-state index in [1.165, 1.54) is 19.3 Å². The second-order valence-corrected chi connectivity index (χ2v) is 6.83. The minimum absolute atomic E-state index is 0.533. The number of hydrogen-bond acceptors (Lipinski definition) is 4. The molecule has 0 radical (unpaired) electrons. The molecule has 1 aromatic rings. The van der Waals surface area contributed by atoms with Crippen LogP contribution in [0, 0.1) is 5.92 Å². The van der Waals surface area contributed by atoms with Gasteiger partial charge in [0.05, 0.1) is 19.8 Å². The molecule has 1 aliphatic heterocycles. The van der Waals surface area contributed by atoms with Gasteiger partial charge in [-0.3, -0.25) is 4.90 Å². The quantitative estimate of drug-likeness (QED) is 0.553. The van der Waals surface area contributed by atoms with Crippen LogP contribution < -0.4 is 15.8 Å². The molecule has 1 saturated heterocycles. The molecule has 6 heteroatoms. The lowest BCUT2D eigenvalue weighted by Gasteiger charge is -2.26. The van der Waals surface area contributed by atoms with Crippen LogP contribution in [0.25, 0.3) is 0 Å². The zero-order valence-corrected chi connectivity index (χ0v) is 15.0. The fourth-order valence-electron chi connectivity index (χ4n) is 3.03. The van der Waals surface area contributed by atoms with Crippen LogP contribution in [0.15, 0.2) is 29.3 Å². The Morgan fingerprint density at radius 3 is 2.92 bits per heavy atom. The number of nitrogens with two attached hydrogens (primary N) is 1. The molecule has 1 saturated carbocycles. The van der Waals surface area contributed by atoms with Crippen molar-refractivity contribution in [3.8, 4) is 5.75 Å². The molecule has 2 fully saturated rings. The lowest BCUT2D eigenvalue weighted by atomic mass is 9.85. The van der Waals surface area contributed by atoms with Crippen LogP contribution in [0.3, 0.4) is 0 Å². The molecule has 6 nitrogen and oxygen atoms in total. The van der Waals surface area contributed by atoms with Crippen molar-refractivity contribution in [1.29, 1.82) is 0 Å². The van der Waals surface area contributed by atoms with Gasteiger partial charge in [-0.15, -0.1) is 0 Å². The van der Waals surface area contributed by atoms with Gasteiger partial charge in [0.15, 0.2) is 5.96 Å². The van der Waals surface area contributed by atoms with Crippen molar-refractivity contribution in [3.63, 3.8) is 0 Å². The second kappa shape index (κ2) is 9.63. The maximum atomic E-state index is 5.94. The molecule has 1 aromatic carbocycles. The van der Waals surface area contributed by atoms with Gasteiger partial charge < -0.3 is 20.5 Å². The minimum Gasteiger partial charge on any atom is -0.492 e. The van der Waals surface area contributed by atoms with Gasteiger partial charge in [0.1, 0.15) is 12.4 Å². The topological polar surface area (TPSA) is 72.1 Å². The van der Waals surface area contributed by atoms with Crippen molar-refractivity contribution in [2.75, 3.05) is 46.0 Å². The monoisotopic (exact) mass is 346 g/mol. The van der Waals surface area contributed by atoms with Crippen LogP contribution in [0.2, 0.25) is 0 Å². The van der Waals surface area contributed by atoms with Gasteiger partial charge in [0.25, 0.3) is 0 Å². The molecule has 25 heavy (non-hydrogen) atoms. The molecule has 138 valence electrons. The molecule has 1 heterocycles. The van der Waals surface area contributed by atoms with Gasteiger partial charge in [0.2, 0.25) is 0 Å². The highest BCUT2D eigenvalue weighted by atomic mass is 16.5. The number of morpholine rings is 1. The van der Waals surface area contributed by atoms with E-state index in [2.05, 4.69) is 21.3 Å². The lowest BCUT2D eigenvalue weighted by molar-refractivity contribution is 0.0322. The number of benzene rings is 1. The highest BCUT2D eigenvalue weighted by Crippen LogP contribution is 2.25. The Labute approximate surface area is 150 Å². The second-order valence-electron chi connectivity index (χ2n) is 6.83. The first-order chi connectivity index (χ1) is 12.3. The fourth-order valence-corrected chi connectivity index (χ4v) is 3.03. The zero-order valence-electron chi connectivity index (χ0n) is 15.0. The molecule has 0 aromatic heterocycles. The maximum absolute atomic E-state index is 5.94. The maximum Gasteiger partial charge on any atom is 0.188 e. The third-order valence-corrected chi connectivity index (χ3v) is 4.91. The summed E-state index contributed by atoms with van der Waals surface area (Å²) >= 11 is 0. The van der Waals surface area contributed by atoms with E-state index in [0.717, 1.165) is 56.6 Å². The average molecular weight is 346 g/mol. The van der Waals surface area contributed by atoms with E-state index in [0.29, 0.717) is 19.1 Å². The Bertz CT molecular complexity index is 554. The van der Waals surface area contributed by atoms with Gasteiger partial charge in [-0.1, -0.05) is 18.6 Å². The number of aliphatic imine (C=N–C) groups is 1. The molecule has 3 N–H and O–H groups in total. The summed E-state index contributed by atoms with van der Waals surface area (Å²) in [5.41, 5.74) is 7.05. The van der Waals surface area contributed by atoms with E-state index in [-0.39, 0.29) is 0 Å². The summed E-state index contributed by atoms with van der Waals surface area (Å²) in [6, 6.07) is 8.09. The molecule has 3 rings (SSSR count). The summed E-state index contributed by atoms with van der Waals surface area (Å²) in [6.45, 7) is 6.77. The van der Waals surface area contributed by atoms with Gasteiger partial charge in [-0.05, 0) is 36.5 Å². The summed E-state index contributed by atoms with van der Waals surface area (Å²) in [5.74, 6) is 2.20. The molecule has 0 amide bonds. The summed E-state index contributed by atoms with van der Waals surface area (Å²) in [6.07, 6.45) is 3.97. The van der Waals surface area contributed by atoms with E-state index in [1.807, 2.05) is 18.2 Å². The normalized spacial score (nSPS) is 19.4. The Kier molecular flexibility index (Phi) is 6.94. The van der Waals surface area contributed by atoms with Crippen LogP contribution in [-0.4, -0.2) is 56.9 Å². The Morgan fingerprint density at radius 2 is 2.16 bits per heavy atom. The van der Waals surface area contributed by atoms with Gasteiger partial charge >= 0.3 is 0 Å². The van der Waals surface area contributed by atoms with E-state index in [1.54, 1.807) is 0 Å². The molecule has 0 atom stereocenters. The number of nitrogens with zero attached hydrogens (tertiary/aromatic N) is 2. The van der Waals surface area contributed by atoms with Crippen LogP contribution in [0.5, 0.6) is 5.75 Å². The first-order valence-electron chi connectivity index (χ1n) is 9.35. The Balaban J connectivity index is 1.39. The van der Waals surface area contributed by atoms with E-state index in [9.17, 15) is 0 Å². The van der Waals surface area contributed by atoms with Crippen molar-refractivity contribution in [1.82, 2.24) is 10.2 Å². The number of nitrogens with one attached hydrogen (secondary N) is 1. The lowest BCUT2D eigenvalue weighted by Crippen LogP contribution is -2.38. The summed E-state index contributed by atoms with van der Waals surface area (Å²) < 4.78 is 11.2. The first kappa shape index (κ1) is 18.0. The number of ether oxygens (including phenoxy) is 2. The van der Waals surface area contributed by atoms with Crippen LogP contribution in [0.4, 0.5) is 0 Å². The van der Waals surface area contributed by atoms with E-state index < -0.39 is 0 Å². The van der Waals surface area contributed by atoms with Crippen molar-refractivity contribution < 1.29 is 9.47 Å². The predicted molar refractivity (Wildman–Crippen MR) is 99.9 cm³/mol. The van der Waals surface area contributed by atoms with Crippen LogP contribution in [-0.2, 0) is 11.3 Å². The van der Waals surface area contributed by atoms with Gasteiger partial charge in [-0.2, -0.15) is 0 Å². The summed E-state index contributed by atoms with van der Waals surface area (Å²) in [4.78, 5) is 6.79. The third kappa shape index (κ3) is 6.21. The highest BCUT2D eigenvalue weighted by Gasteiger charge is 2.16. The van der Waals surface area contributed by atoms with E-state index >= 15 is 0 Å². The van der Waals surface area contributed by atoms with Crippen molar-refractivity contribution in [3.05, 3.63) is 29.8 Å². The van der Waals surface area contributed by atoms with Crippen molar-refractivity contribution in [2.24, 2.45) is 16.6 Å². The number of hydrogen-bond donors (Lipinski definition) is 2. The average Bonchev–Trinajstić information content (AvgIpc) is 2.60. The summed E-state index contributed by atoms with van der Waals surface area (Å²) in [5, 5.41) is 3.22. The smallest absolute Gasteiger partial charge is 0.188 e. The first-order valence-corrected chi connectivity index (χ1v) is 9.35. The van der Waals surface area contributed by atoms with Gasteiger partial charge in [0, 0.05) is 26.2 Å². The molecule has 0 spiro atoms. The fraction of sp³-hybridized carbons (Fsp3) is 0.632. The molecular weight excluding hydrogens is 316 g/mol. The number of guanidine groups is 1. The minimum atomic E-state index is 0.533. The standard InChI is InChI=1S/C19H30N4O2/c20-19(21-14-16-3-1-4-16)22-15-17-5-2-6-18(13-17)25-12-9-23-7-10-24-11-8-23/h2,5-6,13,16H,1,3-4,7-12,14-15H2,(H3,20,21,22). The van der Waals surface area contributed by atoms with Crippen LogP contribution >= 0.6 is 0 Å². The van der Waals surface area contributed by atoms with Crippen molar-refractivity contribution >= 4 is 5.96 Å². The largest absolute Gasteiger partial charge is 0.492 e. The van der Waals surface area contributed by atoms with Gasteiger partial charge in [-0.25, -0.2) is 4.99 Å². The molecule has 0 unspecified atom stereocenters. The molecule has 2 aliphatic rings. The Morgan fingerprint density at radius 1 is 1.32 bits per heavy atom. The zero-order chi connectivity index (χ0) is 17.3. The third-order valence-electron chi connectivity index (χ3n) is 4.91. The predicted octanol–water partition coefficient (Wildman–Crippen LogP) is 1.60.